The molecule has 2 aliphatic rings. The molecule has 0 aliphatic carbocycles. The van der Waals surface area contributed by atoms with Gasteiger partial charge in [0.1, 0.15) is 0 Å². The van der Waals surface area contributed by atoms with Crippen LogP contribution in [0.1, 0.15) is 5.56 Å². The zero-order valence-corrected chi connectivity index (χ0v) is 24.7. The Morgan fingerprint density at radius 3 is 2.54 bits per heavy atom. The molecule has 0 spiro atoms. The zero-order valence-electron chi connectivity index (χ0n) is 23.1. The summed E-state index contributed by atoms with van der Waals surface area (Å²) < 4.78 is 5.49. The van der Waals surface area contributed by atoms with Crippen molar-refractivity contribution in [3.8, 4) is 11.3 Å². The lowest BCUT2D eigenvalue weighted by atomic mass is 10.0. The van der Waals surface area contributed by atoms with Crippen LogP contribution in [-0.2, 0) is 16.0 Å². The number of likely N-dealkylation sites (N-methyl/N-ethyl adjacent to an activating group) is 1. The maximum atomic E-state index is 13.3. The van der Waals surface area contributed by atoms with E-state index in [-0.39, 0.29) is 17.5 Å². The largest absolute Gasteiger partial charge is 0.378 e. The van der Waals surface area contributed by atoms with Crippen molar-refractivity contribution in [2.45, 2.75) is 32.0 Å². The number of hydrogen-bond acceptors (Lipinski definition) is 7. The first-order valence-electron chi connectivity index (χ1n) is 13.7. The molecule has 3 aromatic carbocycles. The molecule has 0 bridgehead atoms. The van der Waals surface area contributed by atoms with Crippen molar-refractivity contribution in [2.75, 3.05) is 50.6 Å². The summed E-state index contributed by atoms with van der Waals surface area (Å²) in [6, 6.07) is 25.8. The molecular formula is C32H32N4O3S2. The Kier molecular flexibility index (Phi) is 8.20. The number of aromatic amines is 1. The third kappa shape index (κ3) is 6.23. The van der Waals surface area contributed by atoms with Crippen LogP contribution in [0.5, 0.6) is 0 Å². The van der Waals surface area contributed by atoms with Crippen LogP contribution < -0.4 is 15.8 Å². The van der Waals surface area contributed by atoms with Crippen LogP contribution in [0.25, 0.3) is 11.3 Å². The number of nitrogens with zero attached hydrogens (tertiary/aromatic N) is 2. The zero-order chi connectivity index (χ0) is 28.3. The molecule has 2 aliphatic heterocycles. The first-order chi connectivity index (χ1) is 19.9. The number of nitrogens with one attached hydrogen (secondary N) is 2. The molecule has 3 heterocycles. The molecule has 1 saturated heterocycles. The van der Waals surface area contributed by atoms with E-state index in [0.717, 1.165) is 60.9 Å². The quantitative estimate of drug-likeness (QED) is 0.258. The van der Waals surface area contributed by atoms with Gasteiger partial charge in [-0.1, -0.05) is 66.0 Å². The van der Waals surface area contributed by atoms with E-state index in [1.54, 1.807) is 29.6 Å². The summed E-state index contributed by atoms with van der Waals surface area (Å²) in [6.07, 6.45) is 0.639. The predicted molar refractivity (Wildman–Crippen MR) is 166 cm³/mol. The first-order valence-corrected chi connectivity index (χ1v) is 15.3. The van der Waals surface area contributed by atoms with Gasteiger partial charge in [-0.25, -0.2) is 0 Å². The van der Waals surface area contributed by atoms with Crippen LogP contribution >= 0.6 is 23.5 Å². The van der Waals surface area contributed by atoms with Gasteiger partial charge in [0.25, 0.3) is 0 Å². The number of H-pyrrole nitrogens is 1. The van der Waals surface area contributed by atoms with Crippen LogP contribution in [0.15, 0.2) is 103 Å². The number of benzene rings is 3. The van der Waals surface area contributed by atoms with E-state index >= 15 is 0 Å². The monoisotopic (exact) mass is 584 g/mol. The van der Waals surface area contributed by atoms with E-state index < -0.39 is 0 Å². The van der Waals surface area contributed by atoms with Gasteiger partial charge in [-0.3, -0.25) is 14.5 Å². The number of carbonyl (C=O) groups is 1. The molecular weight excluding hydrogens is 553 g/mol. The van der Waals surface area contributed by atoms with E-state index in [1.807, 2.05) is 49.3 Å². The van der Waals surface area contributed by atoms with Crippen molar-refractivity contribution in [3.63, 3.8) is 0 Å². The minimum atomic E-state index is -0.283. The molecule has 1 atom stereocenters. The number of rotatable bonds is 7. The van der Waals surface area contributed by atoms with E-state index in [2.05, 4.69) is 57.7 Å². The number of fused-ring (bicyclic) bond motifs is 2. The topological polar surface area (TPSA) is 77.7 Å². The Balaban J connectivity index is 1.23. The number of morpholine rings is 1. The third-order valence-electron chi connectivity index (χ3n) is 7.32. The number of ether oxygens (including phenoxy) is 1. The molecule has 7 nitrogen and oxygen atoms in total. The molecule has 9 heteroatoms. The highest BCUT2D eigenvalue weighted by atomic mass is 32.2. The Bertz CT molecular complexity index is 1620. The lowest BCUT2D eigenvalue weighted by molar-refractivity contribution is -0.120. The second kappa shape index (κ2) is 12.2. The van der Waals surface area contributed by atoms with E-state index in [1.165, 1.54) is 0 Å². The number of aromatic nitrogens is 1. The first kappa shape index (κ1) is 27.7. The van der Waals surface area contributed by atoms with Crippen LogP contribution in [0, 0.1) is 0 Å². The fourth-order valence-electron chi connectivity index (χ4n) is 5.14. The Morgan fingerprint density at radius 2 is 1.76 bits per heavy atom. The fourth-order valence-corrected chi connectivity index (χ4v) is 7.56. The summed E-state index contributed by atoms with van der Waals surface area (Å²) in [4.78, 5) is 37.6. The van der Waals surface area contributed by atoms with Gasteiger partial charge in [0, 0.05) is 55.7 Å². The van der Waals surface area contributed by atoms with Crippen molar-refractivity contribution < 1.29 is 9.53 Å². The lowest BCUT2D eigenvalue weighted by Crippen LogP contribution is -2.41. The Labute approximate surface area is 248 Å². The molecule has 0 radical (unpaired) electrons. The van der Waals surface area contributed by atoms with Gasteiger partial charge in [-0.15, -0.1) is 0 Å². The van der Waals surface area contributed by atoms with Gasteiger partial charge in [0.15, 0.2) is 0 Å². The van der Waals surface area contributed by atoms with Crippen LogP contribution in [-0.4, -0.2) is 62.2 Å². The van der Waals surface area contributed by atoms with Crippen molar-refractivity contribution in [2.24, 2.45) is 0 Å². The molecule has 6 rings (SSSR count). The maximum Gasteiger partial charge on any atom is 0.250 e. The van der Waals surface area contributed by atoms with Gasteiger partial charge in [-0.2, -0.15) is 0 Å². The number of amides is 1. The summed E-state index contributed by atoms with van der Waals surface area (Å²) >= 11 is 3.38. The minimum absolute atomic E-state index is 0.0287. The van der Waals surface area contributed by atoms with E-state index in [4.69, 9.17) is 4.74 Å². The fraction of sp³-hybridized carbons (Fsp3) is 0.250. The Morgan fingerprint density at radius 1 is 0.951 bits per heavy atom. The molecule has 1 aromatic heterocycles. The summed E-state index contributed by atoms with van der Waals surface area (Å²) in [6.45, 7) is 2.87. The van der Waals surface area contributed by atoms with Crippen LogP contribution in [0.2, 0.25) is 0 Å². The molecule has 0 saturated carbocycles. The average Bonchev–Trinajstić information content (AvgIpc) is 2.99. The van der Waals surface area contributed by atoms with Crippen LogP contribution in [0.3, 0.4) is 0 Å². The molecule has 0 unspecified atom stereocenters. The SMILES string of the molecule is CN(C)[C@@H](Cc1ccccc1)C(=O)Nc1ccc2c(c1)Sc1cccc(-c3cc(N4CCOCC4)cc(=O)[nH]3)c1S2. The molecule has 1 fully saturated rings. The van der Waals surface area contributed by atoms with Gasteiger partial charge in [-0.05, 0) is 56.4 Å². The Hall–Kier alpha value is -3.50. The average molecular weight is 585 g/mol. The van der Waals surface area contributed by atoms with Crippen molar-refractivity contribution >= 4 is 40.8 Å². The van der Waals surface area contributed by atoms with Gasteiger partial charge >= 0.3 is 0 Å². The summed E-state index contributed by atoms with van der Waals surface area (Å²) in [7, 11) is 3.87. The lowest BCUT2D eigenvalue weighted by Gasteiger charge is -2.29. The smallest absolute Gasteiger partial charge is 0.250 e. The minimum Gasteiger partial charge on any atom is -0.378 e. The van der Waals surface area contributed by atoms with Crippen LogP contribution in [0.4, 0.5) is 11.4 Å². The normalized spacial score (nSPS) is 15.2. The molecule has 41 heavy (non-hydrogen) atoms. The number of carbonyl (C=O) groups excluding carboxylic acids is 1. The standard InChI is InChI=1S/C32H32N4O3S2/c1-35(2)26(17-21-7-4-3-5-8-21)32(38)33-22-11-12-27-29(18-22)40-28-10-6-9-24(31(28)41-27)25-19-23(20-30(37)34-25)36-13-15-39-16-14-36/h3-12,18-20,26H,13-17H2,1-2H3,(H,33,38)(H,34,37)/t26-/m0/s1. The molecule has 1 amide bonds. The number of anilines is 2. The van der Waals surface area contributed by atoms with Gasteiger partial charge in [0.05, 0.1) is 24.9 Å². The molecule has 4 aromatic rings. The van der Waals surface area contributed by atoms with E-state index in [0.29, 0.717) is 19.6 Å². The number of hydrogen-bond donors (Lipinski definition) is 2. The highest BCUT2D eigenvalue weighted by Crippen LogP contribution is 2.52. The van der Waals surface area contributed by atoms with Crippen molar-refractivity contribution in [1.82, 2.24) is 9.88 Å². The third-order valence-corrected chi connectivity index (χ3v) is 9.91. The summed E-state index contributed by atoms with van der Waals surface area (Å²) in [5.74, 6) is -0.0287. The highest BCUT2D eigenvalue weighted by Gasteiger charge is 2.24. The number of pyridine rings is 1. The molecule has 210 valence electrons. The molecule has 2 N–H and O–H groups in total. The predicted octanol–water partition coefficient (Wildman–Crippen LogP) is 5.61. The van der Waals surface area contributed by atoms with E-state index in [9.17, 15) is 9.59 Å². The second-order valence-electron chi connectivity index (χ2n) is 10.4. The van der Waals surface area contributed by atoms with Gasteiger partial charge < -0.3 is 19.9 Å². The summed E-state index contributed by atoms with van der Waals surface area (Å²) in [5, 5.41) is 3.14. The summed E-state index contributed by atoms with van der Waals surface area (Å²) in [5.41, 5.74) is 4.53. The maximum absolute atomic E-state index is 13.3. The van der Waals surface area contributed by atoms with Crippen molar-refractivity contribution in [3.05, 3.63) is 94.8 Å². The second-order valence-corrected chi connectivity index (χ2v) is 12.5. The van der Waals surface area contributed by atoms with Gasteiger partial charge in [0.2, 0.25) is 11.5 Å². The van der Waals surface area contributed by atoms with Crippen molar-refractivity contribution in [1.29, 1.82) is 0 Å². The highest BCUT2D eigenvalue weighted by molar-refractivity contribution is 8.05.